The van der Waals surface area contributed by atoms with Gasteiger partial charge in [-0.3, -0.25) is 0 Å². The Labute approximate surface area is 104 Å². The molecule has 0 aliphatic rings. The molecule has 0 atom stereocenters. The van der Waals surface area contributed by atoms with Crippen molar-refractivity contribution in [2.24, 2.45) is 5.73 Å². The van der Waals surface area contributed by atoms with E-state index in [1.165, 1.54) is 11.1 Å². The molecular formula is C15H23NO. The summed E-state index contributed by atoms with van der Waals surface area (Å²) in [6.45, 7) is 13.5. The topological polar surface area (TPSA) is 35.2 Å². The number of aryl methyl sites for hydroxylation is 1. The minimum Gasteiger partial charge on any atom is -0.489 e. The van der Waals surface area contributed by atoms with E-state index in [0.29, 0.717) is 13.2 Å². The maximum Gasteiger partial charge on any atom is 0.123 e. The van der Waals surface area contributed by atoms with E-state index in [9.17, 15) is 0 Å². The highest BCUT2D eigenvalue weighted by Crippen LogP contribution is 2.32. The highest BCUT2D eigenvalue weighted by Gasteiger charge is 2.19. The molecule has 0 aromatic heterocycles. The largest absolute Gasteiger partial charge is 0.489 e. The number of nitrogens with two attached hydrogens (primary N) is 1. The molecule has 0 radical (unpaired) electrons. The molecule has 94 valence electrons. The quantitative estimate of drug-likeness (QED) is 0.811. The first-order chi connectivity index (χ1) is 7.84. The van der Waals surface area contributed by atoms with Crippen molar-refractivity contribution in [2.75, 3.05) is 13.2 Å². The van der Waals surface area contributed by atoms with E-state index in [1.807, 2.05) is 6.07 Å². The second-order valence-corrected chi connectivity index (χ2v) is 5.49. The molecule has 0 spiro atoms. The Kier molecular flexibility index (Phi) is 4.35. The zero-order valence-electron chi connectivity index (χ0n) is 11.3. The first-order valence-corrected chi connectivity index (χ1v) is 5.95. The van der Waals surface area contributed by atoms with Crippen LogP contribution in [0.25, 0.3) is 0 Å². The summed E-state index contributed by atoms with van der Waals surface area (Å²) in [5, 5.41) is 0. The van der Waals surface area contributed by atoms with Gasteiger partial charge in [-0.05, 0) is 29.5 Å². The molecule has 0 unspecified atom stereocenters. The lowest BCUT2D eigenvalue weighted by molar-refractivity contribution is 0.339. The molecule has 1 aromatic rings. The van der Waals surface area contributed by atoms with Gasteiger partial charge in [0.25, 0.3) is 0 Å². The molecule has 17 heavy (non-hydrogen) atoms. The van der Waals surface area contributed by atoms with Crippen molar-refractivity contribution in [3.8, 4) is 5.75 Å². The van der Waals surface area contributed by atoms with Gasteiger partial charge in [0, 0.05) is 6.54 Å². The van der Waals surface area contributed by atoms with Crippen LogP contribution in [0.4, 0.5) is 0 Å². The molecule has 1 aromatic carbocycles. The molecule has 2 heteroatoms. The van der Waals surface area contributed by atoms with Gasteiger partial charge in [-0.2, -0.15) is 0 Å². The van der Waals surface area contributed by atoms with Gasteiger partial charge in [-0.1, -0.05) is 45.0 Å². The Morgan fingerprint density at radius 2 is 2.00 bits per heavy atom. The van der Waals surface area contributed by atoms with E-state index in [0.717, 1.165) is 11.3 Å². The maximum atomic E-state index is 5.79. The summed E-state index contributed by atoms with van der Waals surface area (Å²) < 4.78 is 5.79. The second-order valence-electron chi connectivity index (χ2n) is 5.49. The standard InChI is InChI=1S/C15H23NO/c1-11-6-7-14(17-10-12(2)9-16)13(8-11)15(3,4)5/h6-8H,2,9-10,16H2,1,3-5H3. The SMILES string of the molecule is C=C(CN)COc1ccc(C)cc1C(C)(C)C. The molecule has 0 aliphatic heterocycles. The van der Waals surface area contributed by atoms with Crippen molar-refractivity contribution in [2.45, 2.75) is 33.1 Å². The normalized spacial score (nSPS) is 11.4. The van der Waals surface area contributed by atoms with Crippen molar-refractivity contribution in [3.63, 3.8) is 0 Å². The Morgan fingerprint density at radius 3 is 2.53 bits per heavy atom. The summed E-state index contributed by atoms with van der Waals surface area (Å²) in [5.41, 5.74) is 8.96. The van der Waals surface area contributed by atoms with Crippen LogP contribution in [0.15, 0.2) is 30.4 Å². The van der Waals surface area contributed by atoms with Gasteiger partial charge in [0.1, 0.15) is 12.4 Å². The van der Waals surface area contributed by atoms with E-state index in [2.05, 4.69) is 46.4 Å². The lowest BCUT2D eigenvalue weighted by Gasteiger charge is -2.23. The van der Waals surface area contributed by atoms with Crippen LogP contribution in [-0.4, -0.2) is 13.2 Å². The van der Waals surface area contributed by atoms with Crippen LogP contribution in [0.3, 0.4) is 0 Å². The Hall–Kier alpha value is -1.28. The molecule has 1 rings (SSSR count). The van der Waals surface area contributed by atoms with E-state index in [4.69, 9.17) is 10.5 Å². The van der Waals surface area contributed by atoms with Crippen molar-refractivity contribution < 1.29 is 4.74 Å². The van der Waals surface area contributed by atoms with Crippen LogP contribution in [0.1, 0.15) is 31.9 Å². The van der Waals surface area contributed by atoms with Crippen LogP contribution < -0.4 is 10.5 Å². The number of hydrogen-bond donors (Lipinski definition) is 1. The fourth-order valence-corrected chi connectivity index (χ4v) is 1.59. The molecule has 2 N–H and O–H groups in total. The van der Waals surface area contributed by atoms with Crippen molar-refractivity contribution >= 4 is 0 Å². The zero-order valence-corrected chi connectivity index (χ0v) is 11.3. The Bertz CT molecular complexity index is 402. The molecular weight excluding hydrogens is 210 g/mol. The van der Waals surface area contributed by atoms with E-state index < -0.39 is 0 Å². The summed E-state index contributed by atoms with van der Waals surface area (Å²) in [7, 11) is 0. The van der Waals surface area contributed by atoms with Crippen molar-refractivity contribution in [3.05, 3.63) is 41.5 Å². The molecule has 0 saturated heterocycles. The average molecular weight is 233 g/mol. The van der Waals surface area contributed by atoms with Crippen LogP contribution in [0.5, 0.6) is 5.75 Å². The lowest BCUT2D eigenvalue weighted by Crippen LogP contribution is -2.16. The fourth-order valence-electron chi connectivity index (χ4n) is 1.59. The van der Waals surface area contributed by atoms with Crippen molar-refractivity contribution in [1.29, 1.82) is 0 Å². The molecule has 0 saturated carbocycles. The third-order valence-corrected chi connectivity index (χ3v) is 2.66. The van der Waals surface area contributed by atoms with Gasteiger partial charge >= 0.3 is 0 Å². The zero-order chi connectivity index (χ0) is 13.1. The second kappa shape index (κ2) is 5.37. The summed E-state index contributed by atoms with van der Waals surface area (Å²) in [6.07, 6.45) is 0. The Morgan fingerprint density at radius 1 is 1.35 bits per heavy atom. The van der Waals surface area contributed by atoms with Gasteiger partial charge in [-0.25, -0.2) is 0 Å². The monoisotopic (exact) mass is 233 g/mol. The maximum absolute atomic E-state index is 5.79. The Balaban J connectivity index is 2.95. The molecule has 0 fully saturated rings. The summed E-state index contributed by atoms with van der Waals surface area (Å²) in [6, 6.07) is 6.27. The predicted octanol–water partition coefficient (Wildman–Crippen LogP) is 3.19. The van der Waals surface area contributed by atoms with Gasteiger partial charge in [0.05, 0.1) is 0 Å². The third-order valence-electron chi connectivity index (χ3n) is 2.66. The van der Waals surface area contributed by atoms with Crippen LogP contribution in [-0.2, 0) is 5.41 Å². The van der Waals surface area contributed by atoms with Crippen molar-refractivity contribution in [1.82, 2.24) is 0 Å². The third kappa shape index (κ3) is 3.90. The number of rotatable bonds is 4. The lowest BCUT2D eigenvalue weighted by atomic mass is 9.85. The van der Waals surface area contributed by atoms with E-state index in [1.54, 1.807) is 0 Å². The van der Waals surface area contributed by atoms with Gasteiger partial charge < -0.3 is 10.5 Å². The van der Waals surface area contributed by atoms with Gasteiger partial charge in [-0.15, -0.1) is 0 Å². The first kappa shape index (κ1) is 13.8. The predicted molar refractivity (Wildman–Crippen MR) is 73.6 cm³/mol. The number of hydrogen-bond acceptors (Lipinski definition) is 2. The summed E-state index contributed by atoms with van der Waals surface area (Å²) in [4.78, 5) is 0. The molecule has 0 bridgehead atoms. The van der Waals surface area contributed by atoms with Gasteiger partial charge in [0.15, 0.2) is 0 Å². The summed E-state index contributed by atoms with van der Waals surface area (Å²) in [5.74, 6) is 0.928. The summed E-state index contributed by atoms with van der Waals surface area (Å²) >= 11 is 0. The highest BCUT2D eigenvalue weighted by molar-refractivity contribution is 5.41. The molecule has 0 aliphatic carbocycles. The van der Waals surface area contributed by atoms with Crippen LogP contribution >= 0.6 is 0 Å². The van der Waals surface area contributed by atoms with Crippen LogP contribution in [0.2, 0.25) is 0 Å². The van der Waals surface area contributed by atoms with Crippen LogP contribution in [0, 0.1) is 6.92 Å². The number of ether oxygens (including phenoxy) is 1. The van der Waals surface area contributed by atoms with E-state index in [-0.39, 0.29) is 5.41 Å². The molecule has 0 amide bonds. The molecule has 2 nitrogen and oxygen atoms in total. The minimum atomic E-state index is 0.0748. The number of benzene rings is 1. The minimum absolute atomic E-state index is 0.0748. The fraction of sp³-hybridized carbons (Fsp3) is 0.467. The van der Waals surface area contributed by atoms with Gasteiger partial charge in [0.2, 0.25) is 0 Å². The average Bonchev–Trinajstić information content (AvgIpc) is 2.25. The molecule has 0 heterocycles. The van der Waals surface area contributed by atoms with E-state index >= 15 is 0 Å². The first-order valence-electron chi connectivity index (χ1n) is 5.95. The highest BCUT2D eigenvalue weighted by atomic mass is 16.5. The smallest absolute Gasteiger partial charge is 0.123 e.